The topological polar surface area (TPSA) is 142 Å². The third kappa shape index (κ3) is 5.76. The van der Waals surface area contributed by atoms with Crippen molar-refractivity contribution < 1.29 is 29.7 Å². The Morgan fingerprint density at radius 2 is 2.00 bits per heavy atom. The summed E-state index contributed by atoms with van der Waals surface area (Å²) in [5, 5.41) is 35.4. The highest BCUT2D eigenvalue weighted by atomic mass is 35.5. The number of aliphatic hydroxyl groups excluding tert-OH is 2. The van der Waals surface area contributed by atoms with Gasteiger partial charge in [0.05, 0.1) is 21.7 Å². The quantitative estimate of drug-likeness (QED) is 0.326. The summed E-state index contributed by atoms with van der Waals surface area (Å²) in [7, 11) is 0. The van der Waals surface area contributed by atoms with Crippen molar-refractivity contribution in [1.29, 1.82) is 0 Å². The number of carboxylic acids is 1. The van der Waals surface area contributed by atoms with Gasteiger partial charge in [-0.25, -0.2) is 4.79 Å². The molecule has 0 spiro atoms. The van der Waals surface area contributed by atoms with Gasteiger partial charge in [0.15, 0.2) is 6.17 Å². The minimum atomic E-state index is -1.27. The molecule has 3 atom stereocenters. The summed E-state index contributed by atoms with van der Waals surface area (Å²) in [4.78, 5) is 41.8. The summed E-state index contributed by atoms with van der Waals surface area (Å²) in [6.45, 7) is 2.14. The number of nitrogens with one attached hydrogen (secondary N) is 2. The number of allylic oxidation sites excluding steroid dienone is 2. The van der Waals surface area contributed by atoms with Crippen molar-refractivity contribution in [3.05, 3.63) is 104 Å². The maximum Gasteiger partial charge on any atom is 0.326 e. The number of nitrogens with zero attached hydrogens (tertiary/aromatic N) is 2. The van der Waals surface area contributed by atoms with Crippen LogP contribution < -0.4 is 10.6 Å². The van der Waals surface area contributed by atoms with Gasteiger partial charge in [0.1, 0.15) is 17.5 Å². The molecule has 1 unspecified atom stereocenters. The first-order valence-corrected chi connectivity index (χ1v) is 13.7. The second-order valence-corrected chi connectivity index (χ2v) is 10.9. The van der Waals surface area contributed by atoms with Crippen molar-refractivity contribution in [2.45, 2.75) is 44.6 Å². The smallest absolute Gasteiger partial charge is 0.326 e. The zero-order valence-electron chi connectivity index (χ0n) is 22.0. The van der Waals surface area contributed by atoms with Gasteiger partial charge in [-0.1, -0.05) is 47.5 Å². The number of hydrogen-bond donors (Lipinski definition) is 5. The minimum absolute atomic E-state index is 0.00951. The van der Waals surface area contributed by atoms with Crippen LogP contribution in [0.5, 0.6) is 0 Å². The number of carbonyl (C=O) groups excluding carboxylic acids is 2. The molecule has 12 heteroatoms. The third-order valence-corrected chi connectivity index (χ3v) is 8.02. The second kappa shape index (κ2) is 11.5. The summed E-state index contributed by atoms with van der Waals surface area (Å²) < 4.78 is 0. The van der Waals surface area contributed by atoms with Crippen LogP contribution in [0.3, 0.4) is 0 Å². The van der Waals surface area contributed by atoms with Crippen LogP contribution in [0.2, 0.25) is 10.0 Å². The highest BCUT2D eigenvalue weighted by Gasteiger charge is 2.34. The van der Waals surface area contributed by atoms with E-state index in [0.717, 1.165) is 0 Å². The molecule has 2 aromatic rings. The van der Waals surface area contributed by atoms with Gasteiger partial charge >= 0.3 is 5.97 Å². The Kier molecular flexibility index (Phi) is 7.99. The van der Waals surface area contributed by atoms with Gasteiger partial charge in [0.25, 0.3) is 11.8 Å². The number of benzene rings is 2. The lowest BCUT2D eigenvalue weighted by Gasteiger charge is -2.31. The Labute approximate surface area is 246 Å². The highest BCUT2D eigenvalue weighted by Crippen LogP contribution is 2.35. The van der Waals surface area contributed by atoms with Gasteiger partial charge in [-0.05, 0) is 53.8 Å². The van der Waals surface area contributed by atoms with E-state index in [1.54, 1.807) is 71.6 Å². The minimum Gasteiger partial charge on any atom is -0.508 e. The standard InChI is InChI=1S/C29H28Cl2N4O6/c1-15(36)17-5-2-4-16(10-17)11-21(29(40)41)33-27(38)24-20(30)12-18-13-35(9-7-19(18)25(24)31)28(39)22-14-34-8-3-6-23(37)26(34)32-22/h2-6,8,10,12,14-15,21,26,32,36-37H,7,9,11,13H2,1H3,(H,33,38)(H,40,41)/t15-,21-,26?/m0/s1. The zero-order valence-corrected chi connectivity index (χ0v) is 23.5. The number of halogens is 2. The van der Waals surface area contributed by atoms with Crippen LogP contribution in [-0.2, 0) is 29.0 Å². The molecular weight excluding hydrogens is 571 g/mol. The van der Waals surface area contributed by atoms with E-state index in [4.69, 9.17) is 23.2 Å². The highest BCUT2D eigenvalue weighted by molar-refractivity contribution is 6.40. The van der Waals surface area contributed by atoms with Gasteiger partial charge in [0.2, 0.25) is 0 Å². The lowest BCUT2D eigenvalue weighted by atomic mass is 9.96. The lowest BCUT2D eigenvalue weighted by molar-refractivity contribution is -0.139. The maximum absolute atomic E-state index is 13.3. The van der Waals surface area contributed by atoms with Crippen LogP contribution in [0, 0.1) is 0 Å². The fourth-order valence-electron chi connectivity index (χ4n) is 5.14. The zero-order chi connectivity index (χ0) is 29.4. The maximum atomic E-state index is 13.3. The van der Waals surface area contributed by atoms with E-state index in [0.29, 0.717) is 40.9 Å². The third-order valence-electron chi connectivity index (χ3n) is 7.30. The van der Waals surface area contributed by atoms with Gasteiger partial charge in [0, 0.05) is 31.9 Å². The molecule has 0 radical (unpaired) electrons. The number of hydrogen-bond acceptors (Lipinski definition) is 7. The van der Waals surface area contributed by atoms with Crippen molar-refractivity contribution >= 4 is 41.0 Å². The van der Waals surface area contributed by atoms with Crippen LogP contribution in [-0.4, -0.2) is 61.7 Å². The Bertz CT molecular complexity index is 1520. The SMILES string of the molecule is C[C@H](O)c1cccc(C[C@H](NC(=O)c2c(Cl)cc3c(c2Cl)CCN(C(=O)C2=CN4C=CC=C(O)C4N2)C3)C(=O)O)c1. The molecule has 0 saturated heterocycles. The van der Waals surface area contributed by atoms with E-state index >= 15 is 0 Å². The van der Waals surface area contributed by atoms with Gasteiger partial charge in [-0.2, -0.15) is 0 Å². The number of carboxylic acid groups (broad SMARTS) is 1. The second-order valence-electron chi connectivity index (χ2n) is 10.1. The Balaban J connectivity index is 1.31. The molecule has 41 heavy (non-hydrogen) atoms. The number of carbonyl (C=O) groups is 3. The number of rotatable bonds is 7. The average molecular weight is 599 g/mol. The van der Waals surface area contributed by atoms with Gasteiger partial charge < -0.3 is 35.8 Å². The van der Waals surface area contributed by atoms with Crippen LogP contribution in [0.15, 0.2) is 66.3 Å². The molecule has 2 aromatic carbocycles. The molecule has 5 N–H and O–H groups in total. The fraction of sp³-hybridized carbons (Fsp3) is 0.276. The first-order valence-electron chi connectivity index (χ1n) is 13.0. The predicted molar refractivity (Wildman–Crippen MR) is 152 cm³/mol. The number of aliphatic carboxylic acids is 1. The molecule has 0 saturated carbocycles. The number of aliphatic hydroxyl groups is 2. The molecule has 10 nitrogen and oxygen atoms in total. The van der Waals surface area contributed by atoms with Crippen LogP contribution in [0.1, 0.15) is 45.6 Å². The molecule has 3 heterocycles. The first kappa shape index (κ1) is 28.5. The first-order chi connectivity index (χ1) is 19.5. The normalized spacial score (nSPS) is 18.9. The summed E-state index contributed by atoms with van der Waals surface area (Å²) in [6, 6.07) is 7.17. The average Bonchev–Trinajstić information content (AvgIpc) is 3.38. The molecule has 3 aliphatic rings. The summed E-state index contributed by atoms with van der Waals surface area (Å²) >= 11 is 13.2. The van der Waals surface area contributed by atoms with E-state index in [9.17, 15) is 29.7 Å². The predicted octanol–water partition coefficient (Wildman–Crippen LogP) is 3.40. The van der Waals surface area contributed by atoms with Crippen LogP contribution in [0.4, 0.5) is 0 Å². The lowest BCUT2D eigenvalue weighted by Crippen LogP contribution is -2.43. The van der Waals surface area contributed by atoms with Crippen molar-refractivity contribution in [2.75, 3.05) is 6.54 Å². The molecule has 214 valence electrons. The van der Waals surface area contributed by atoms with E-state index in [2.05, 4.69) is 10.6 Å². The fourth-order valence-corrected chi connectivity index (χ4v) is 5.90. The molecule has 0 bridgehead atoms. The number of amides is 2. The molecule has 2 amide bonds. The van der Waals surface area contributed by atoms with E-state index in [1.807, 2.05) is 0 Å². The van der Waals surface area contributed by atoms with Crippen molar-refractivity contribution in [3.63, 3.8) is 0 Å². The van der Waals surface area contributed by atoms with Crippen molar-refractivity contribution in [2.24, 2.45) is 0 Å². The Morgan fingerprint density at radius 3 is 2.71 bits per heavy atom. The van der Waals surface area contributed by atoms with Crippen LogP contribution in [0.25, 0.3) is 0 Å². The van der Waals surface area contributed by atoms with Gasteiger partial charge in [-0.15, -0.1) is 0 Å². The molecular formula is C29H28Cl2N4O6. The van der Waals surface area contributed by atoms with E-state index < -0.39 is 30.2 Å². The van der Waals surface area contributed by atoms with Crippen molar-refractivity contribution in [1.82, 2.24) is 20.4 Å². The van der Waals surface area contributed by atoms with Crippen molar-refractivity contribution in [3.8, 4) is 0 Å². The van der Waals surface area contributed by atoms with E-state index in [-0.39, 0.29) is 40.2 Å². The largest absolute Gasteiger partial charge is 0.508 e. The molecule has 0 fully saturated rings. The van der Waals surface area contributed by atoms with Gasteiger partial charge in [-0.3, -0.25) is 9.59 Å². The van der Waals surface area contributed by atoms with E-state index in [1.165, 1.54) is 0 Å². The monoisotopic (exact) mass is 598 g/mol. The summed E-state index contributed by atoms with van der Waals surface area (Å²) in [5.74, 6) is -2.12. The molecule has 3 aliphatic heterocycles. The summed E-state index contributed by atoms with van der Waals surface area (Å²) in [5.41, 5.74) is 2.91. The van der Waals surface area contributed by atoms with Crippen LogP contribution >= 0.6 is 23.2 Å². The molecule has 0 aliphatic carbocycles. The summed E-state index contributed by atoms with van der Waals surface area (Å²) in [6.07, 6.45) is 5.71. The molecule has 0 aromatic heterocycles. The Morgan fingerprint density at radius 1 is 1.22 bits per heavy atom. The molecule has 5 rings (SSSR count). The Hall–Kier alpha value is -3.99. The number of fused-ring (bicyclic) bond motifs is 2.